The molecule has 2 N–H and O–H groups in total. The molecule has 2 aromatic heterocycles. The number of pyridine rings is 1. The number of aromatic nitrogens is 2. The molecule has 0 radical (unpaired) electrons. The molecule has 132 valence electrons. The number of carbonyl (C=O) groups is 2. The maximum absolute atomic E-state index is 13.1. The molecule has 25 heavy (non-hydrogen) atoms. The highest BCUT2D eigenvalue weighted by Gasteiger charge is 2.41. The van der Waals surface area contributed by atoms with Crippen LogP contribution in [0.3, 0.4) is 0 Å². The van der Waals surface area contributed by atoms with Crippen molar-refractivity contribution >= 4 is 22.8 Å². The summed E-state index contributed by atoms with van der Waals surface area (Å²) in [5, 5.41) is 4.01. The predicted molar refractivity (Wildman–Crippen MR) is 95.0 cm³/mol. The van der Waals surface area contributed by atoms with Gasteiger partial charge >= 0.3 is 0 Å². The van der Waals surface area contributed by atoms with Crippen molar-refractivity contribution in [1.29, 1.82) is 0 Å². The van der Waals surface area contributed by atoms with Gasteiger partial charge in [0.05, 0.1) is 5.41 Å². The smallest absolute Gasteiger partial charge is 0.230 e. The number of aromatic amines is 1. The van der Waals surface area contributed by atoms with Crippen LogP contribution in [-0.2, 0) is 9.59 Å². The van der Waals surface area contributed by atoms with Crippen LogP contribution in [0.2, 0.25) is 0 Å². The molecule has 4 rings (SSSR count). The highest BCUT2D eigenvalue weighted by atomic mass is 16.2. The fourth-order valence-corrected chi connectivity index (χ4v) is 4.15. The van der Waals surface area contributed by atoms with Crippen LogP contribution in [0, 0.1) is 5.41 Å². The van der Waals surface area contributed by atoms with Gasteiger partial charge in [0.25, 0.3) is 0 Å². The summed E-state index contributed by atoms with van der Waals surface area (Å²) in [5.74, 6) is 0.556. The second-order valence-corrected chi connectivity index (χ2v) is 7.57. The van der Waals surface area contributed by atoms with Crippen molar-refractivity contribution in [3.05, 3.63) is 30.1 Å². The van der Waals surface area contributed by atoms with E-state index in [9.17, 15) is 9.59 Å². The summed E-state index contributed by atoms with van der Waals surface area (Å²) in [6, 6.07) is 4.05. The lowest BCUT2D eigenvalue weighted by molar-refractivity contribution is -0.145. The molecule has 4 heterocycles. The van der Waals surface area contributed by atoms with E-state index in [0.717, 1.165) is 37.0 Å². The molecule has 2 aliphatic heterocycles. The minimum Gasteiger partial charge on any atom is -0.355 e. The van der Waals surface area contributed by atoms with Gasteiger partial charge in [0.15, 0.2) is 0 Å². The summed E-state index contributed by atoms with van der Waals surface area (Å²) in [6.07, 6.45) is 6.99. The first-order chi connectivity index (χ1) is 12.1. The van der Waals surface area contributed by atoms with Crippen LogP contribution in [-0.4, -0.2) is 46.3 Å². The average Bonchev–Trinajstić information content (AvgIpc) is 3.08. The number of hydrogen-bond acceptors (Lipinski definition) is 3. The molecule has 2 fully saturated rings. The van der Waals surface area contributed by atoms with Crippen LogP contribution < -0.4 is 5.32 Å². The van der Waals surface area contributed by atoms with Crippen LogP contribution in [0.1, 0.15) is 44.1 Å². The Kier molecular flexibility index (Phi) is 3.98. The first-order valence-electron chi connectivity index (χ1n) is 9.05. The highest BCUT2D eigenvalue weighted by Crippen LogP contribution is 2.35. The van der Waals surface area contributed by atoms with E-state index < -0.39 is 5.41 Å². The topological polar surface area (TPSA) is 78.1 Å². The summed E-state index contributed by atoms with van der Waals surface area (Å²) in [7, 11) is 0. The fourth-order valence-electron chi connectivity index (χ4n) is 4.15. The largest absolute Gasteiger partial charge is 0.355 e. The fraction of sp³-hybridized carbons (Fsp3) is 0.526. The van der Waals surface area contributed by atoms with Crippen LogP contribution >= 0.6 is 0 Å². The molecule has 0 aromatic carbocycles. The Bertz CT molecular complexity index is 803. The van der Waals surface area contributed by atoms with Crippen molar-refractivity contribution in [2.45, 2.75) is 38.5 Å². The zero-order valence-corrected chi connectivity index (χ0v) is 14.5. The molecule has 2 saturated heterocycles. The molecule has 6 heteroatoms. The van der Waals surface area contributed by atoms with Gasteiger partial charge in [-0.15, -0.1) is 0 Å². The third-order valence-electron chi connectivity index (χ3n) is 5.73. The van der Waals surface area contributed by atoms with Gasteiger partial charge in [-0.2, -0.15) is 0 Å². The van der Waals surface area contributed by atoms with Crippen molar-refractivity contribution in [3.8, 4) is 0 Å². The minimum atomic E-state index is -0.475. The van der Waals surface area contributed by atoms with Gasteiger partial charge in [0.2, 0.25) is 11.8 Å². The normalized spacial score (nSPS) is 27.3. The summed E-state index contributed by atoms with van der Waals surface area (Å²) < 4.78 is 0. The zero-order chi connectivity index (χ0) is 17.4. The third kappa shape index (κ3) is 2.90. The van der Waals surface area contributed by atoms with Crippen LogP contribution in [0.5, 0.6) is 0 Å². The molecule has 6 nitrogen and oxygen atoms in total. The van der Waals surface area contributed by atoms with E-state index >= 15 is 0 Å². The first kappa shape index (κ1) is 16.1. The number of nitrogens with one attached hydrogen (secondary N) is 2. The van der Waals surface area contributed by atoms with Gasteiger partial charge in [-0.3, -0.25) is 9.59 Å². The summed E-state index contributed by atoms with van der Waals surface area (Å²) in [4.78, 5) is 34.2. The van der Waals surface area contributed by atoms with E-state index in [1.54, 1.807) is 6.20 Å². The van der Waals surface area contributed by atoms with Crippen molar-refractivity contribution in [2.24, 2.45) is 5.41 Å². The van der Waals surface area contributed by atoms with Crippen LogP contribution in [0.25, 0.3) is 11.0 Å². The average molecular weight is 340 g/mol. The standard InChI is InChI=1S/C19H24N4O2/c1-19(7-6-16(24)22-12-19)18(25)23-9-3-4-13(11-23)15-10-21-17-14(15)5-2-8-20-17/h2,5,8,10,13H,3-4,6-7,9,11-12H2,1H3,(H,20,21)(H,22,24). The molecular formula is C19H24N4O2. The van der Waals surface area contributed by atoms with Crippen LogP contribution in [0.15, 0.2) is 24.5 Å². The number of hydrogen-bond donors (Lipinski definition) is 2. The maximum atomic E-state index is 13.1. The van der Waals surface area contributed by atoms with Crippen molar-refractivity contribution in [3.63, 3.8) is 0 Å². The number of H-pyrrole nitrogens is 1. The molecule has 0 saturated carbocycles. The SMILES string of the molecule is CC1(C(=O)N2CCCC(c3c[nH]c4ncccc34)C2)CCC(=O)NC1. The molecule has 2 aromatic rings. The Morgan fingerprint density at radius 1 is 1.44 bits per heavy atom. The lowest BCUT2D eigenvalue weighted by Gasteiger charge is -2.40. The predicted octanol–water partition coefficient (Wildman–Crippen LogP) is 2.19. The van der Waals surface area contributed by atoms with E-state index in [1.807, 2.05) is 24.1 Å². The Hall–Kier alpha value is -2.37. The molecule has 2 aliphatic rings. The van der Waals surface area contributed by atoms with Gasteiger partial charge in [0.1, 0.15) is 5.65 Å². The Labute approximate surface area is 147 Å². The molecule has 2 amide bonds. The molecular weight excluding hydrogens is 316 g/mol. The second-order valence-electron chi connectivity index (χ2n) is 7.57. The molecule has 0 spiro atoms. The van der Waals surface area contributed by atoms with Crippen molar-refractivity contribution in [2.75, 3.05) is 19.6 Å². The summed E-state index contributed by atoms with van der Waals surface area (Å²) >= 11 is 0. The number of carbonyl (C=O) groups excluding carboxylic acids is 2. The number of fused-ring (bicyclic) bond motifs is 1. The molecule has 2 unspecified atom stereocenters. The van der Waals surface area contributed by atoms with Gasteiger partial charge in [0, 0.05) is 49.8 Å². The lowest BCUT2D eigenvalue weighted by atomic mass is 9.80. The van der Waals surface area contributed by atoms with Gasteiger partial charge in [-0.1, -0.05) is 0 Å². The number of nitrogens with zero attached hydrogens (tertiary/aromatic N) is 2. The lowest BCUT2D eigenvalue weighted by Crippen LogP contribution is -2.53. The van der Waals surface area contributed by atoms with Crippen molar-refractivity contribution < 1.29 is 9.59 Å². The first-order valence-corrected chi connectivity index (χ1v) is 9.05. The second kappa shape index (κ2) is 6.17. The zero-order valence-electron chi connectivity index (χ0n) is 14.5. The Morgan fingerprint density at radius 2 is 2.32 bits per heavy atom. The molecule has 0 bridgehead atoms. The van der Waals surface area contributed by atoms with E-state index in [2.05, 4.69) is 21.4 Å². The maximum Gasteiger partial charge on any atom is 0.230 e. The number of likely N-dealkylation sites (tertiary alicyclic amines) is 1. The number of amides is 2. The van der Waals surface area contributed by atoms with E-state index in [-0.39, 0.29) is 11.8 Å². The number of rotatable bonds is 2. The number of piperidine rings is 2. The van der Waals surface area contributed by atoms with Crippen LogP contribution in [0.4, 0.5) is 0 Å². The van der Waals surface area contributed by atoms with E-state index in [4.69, 9.17) is 0 Å². The van der Waals surface area contributed by atoms with E-state index in [1.165, 1.54) is 5.56 Å². The third-order valence-corrected chi connectivity index (χ3v) is 5.73. The van der Waals surface area contributed by atoms with Gasteiger partial charge < -0.3 is 15.2 Å². The van der Waals surface area contributed by atoms with E-state index in [0.29, 0.717) is 25.3 Å². The Morgan fingerprint density at radius 3 is 3.12 bits per heavy atom. The van der Waals surface area contributed by atoms with Crippen molar-refractivity contribution in [1.82, 2.24) is 20.2 Å². The van der Waals surface area contributed by atoms with Gasteiger partial charge in [-0.05, 0) is 43.9 Å². The Balaban J connectivity index is 1.53. The quantitative estimate of drug-likeness (QED) is 0.879. The molecule has 0 aliphatic carbocycles. The minimum absolute atomic E-state index is 0.0492. The monoisotopic (exact) mass is 340 g/mol. The van der Waals surface area contributed by atoms with Gasteiger partial charge in [-0.25, -0.2) is 4.98 Å². The highest BCUT2D eigenvalue weighted by molar-refractivity contribution is 5.87. The summed E-state index contributed by atoms with van der Waals surface area (Å²) in [5.41, 5.74) is 1.68. The molecule has 2 atom stereocenters. The summed E-state index contributed by atoms with van der Waals surface area (Å²) in [6.45, 7) is 3.97.